The molecule has 2 aromatic carbocycles. The minimum Gasteiger partial charge on any atom is -0.336 e. The van der Waals surface area contributed by atoms with Gasteiger partial charge in [0, 0.05) is 43.3 Å². The highest BCUT2D eigenvalue weighted by molar-refractivity contribution is 7.89. The highest BCUT2D eigenvalue weighted by Gasteiger charge is 2.33. The van der Waals surface area contributed by atoms with Gasteiger partial charge in [-0.25, -0.2) is 8.42 Å². The fourth-order valence-corrected chi connectivity index (χ4v) is 6.56. The molecule has 0 N–H and O–H groups in total. The van der Waals surface area contributed by atoms with Crippen molar-refractivity contribution in [2.45, 2.75) is 18.7 Å². The first-order valence-corrected chi connectivity index (χ1v) is 12.8. The van der Waals surface area contributed by atoms with E-state index >= 15 is 0 Å². The molecule has 1 aromatic heterocycles. The molecule has 0 saturated carbocycles. The molecular weight excluding hydrogens is 458 g/mol. The van der Waals surface area contributed by atoms with E-state index < -0.39 is 10.0 Å². The van der Waals surface area contributed by atoms with Crippen molar-refractivity contribution in [2.24, 2.45) is 8.73 Å². The highest BCUT2D eigenvalue weighted by atomic mass is 32.2. The summed E-state index contributed by atoms with van der Waals surface area (Å²) in [5.74, 6) is -0.0758. The maximum atomic E-state index is 13.3. The number of hydrogen-bond donors (Lipinski definition) is 0. The van der Waals surface area contributed by atoms with Crippen LogP contribution in [0.5, 0.6) is 0 Å². The molecule has 2 aliphatic heterocycles. The third-order valence-corrected chi connectivity index (χ3v) is 8.54. The summed E-state index contributed by atoms with van der Waals surface area (Å²) in [6, 6.07) is 16.8. The number of piperazine rings is 1. The summed E-state index contributed by atoms with van der Waals surface area (Å²) >= 11 is 0.997. The number of nitrogens with zero attached hydrogens (tertiary/aromatic N) is 5. The van der Waals surface area contributed by atoms with Crippen molar-refractivity contribution in [1.29, 1.82) is 0 Å². The molecular formula is C23H23N5O3S2. The topological polar surface area (TPSA) is 87.3 Å². The number of para-hydroxylation sites is 1. The quantitative estimate of drug-likeness (QED) is 0.442. The zero-order chi connectivity index (χ0) is 23.2. The minimum atomic E-state index is -3.72. The number of aromatic nitrogens is 1. The lowest BCUT2D eigenvalue weighted by atomic mass is 10.2. The number of fused-ring (bicyclic) bond motifs is 1. The van der Waals surface area contributed by atoms with Crippen LogP contribution in [0.15, 0.2) is 68.2 Å². The Hall–Kier alpha value is -3.08. The third-order valence-electron chi connectivity index (χ3n) is 6.07. The van der Waals surface area contributed by atoms with E-state index in [1.54, 1.807) is 23.1 Å². The standard InChI is InChI=1S/C23H23N5O3S2/c1-16-15-19(17(2)28(16)18-7-4-3-5-8-18)23(29)26-11-13-27(14-12-26)33(30,31)21-10-6-9-20-22(21)25-32-24-20/h3-10,15H,11-14H2,1-2H3. The lowest BCUT2D eigenvalue weighted by Gasteiger charge is -2.34. The van der Waals surface area contributed by atoms with Gasteiger partial charge >= 0.3 is 0 Å². The number of carbonyl (C=O) groups is 1. The van der Waals surface area contributed by atoms with E-state index in [-0.39, 0.29) is 23.9 Å². The molecule has 1 saturated heterocycles. The van der Waals surface area contributed by atoms with Gasteiger partial charge in [-0.1, -0.05) is 24.3 Å². The average Bonchev–Trinajstić information content (AvgIpc) is 3.43. The molecule has 0 unspecified atom stereocenters. The predicted octanol–water partition coefficient (Wildman–Crippen LogP) is 3.97. The fourth-order valence-electron chi connectivity index (χ4n) is 4.38. The van der Waals surface area contributed by atoms with Crippen LogP contribution in [0.25, 0.3) is 5.69 Å². The van der Waals surface area contributed by atoms with Crippen molar-refractivity contribution < 1.29 is 13.2 Å². The second kappa shape index (κ2) is 8.36. The van der Waals surface area contributed by atoms with Crippen LogP contribution in [-0.2, 0) is 21.4 Å². The predicted molar refractivity (Wildman–Crippen MR) is 128 cm³/mol. The van der Waals surface area contributed by atoms with Gasteiger partial charge in [0.1, 0.15) is 16.3 Å². The number of aryl methyl sites for hydroxylation is 1. The molecule has 3 aromatic rings. The Kier molecular flexibility index (Phi) is 5.51. The molecule has 170 valence electrons. The largest absolute Gasteiger partial charge is 0.336 e. The monoisotopic (exact) mass is 481 g/mol. The van der Waals surface area contributed by atoms with E-state index in [0.717, 1.165) is 28.4 Å². The summed E-state index contributed by atoms with van der Waals surface area (Å²) in [4.78, 5) is 15.2. The summed E-state index contributed by atoms with van der Waals surface area (Å²) in [7, 11) is -3.72. The normalized spacial score (nSPS) is 16.0. The summed E-state index contributed by atoms with van der Waals surface area (Å²) in [5.41, 5.74) is 4.48. The van der Waals surface area contributed by atoms with Crippen LogP contribution in [-0.4, -0.2) is 54.3 Å². The number of benzene rings is 2. The molecule has 5 rings (SSSR count). The fraction of sp³-hybridized carbons (Fsp3) is 0.261. The molecule has 0 atom stereocenters. The van der Waals surface area contributed by atoms with Gasteiger partial charge in [0.25, 0.3) is 5.91 Å². The molecule has 3 heterocycles. The first kappa shape index (κ1) is 21.7. The molecule has 2 aliphatic rings. The van der Waals surface area contributed by atoms with Gasteiger partial charge in [0.2, 0.25) is 10.0 Å². The molecule has 0 aliphatic carbocycles. The van der Waals surface area contributed by atoms with Crippen LogP contribution in [0.3, 0.4) is 0 Å². The van der Waals surface area contributed by atoms with Crippen molar-refractivity contribution in [3.05, 3.63) is 71.5 Å². The molecule has 1 amide bonds. The molecule has 0 radical (unpaired) electrons. The highest BCUT2D eigenvalue weighted by Crippen LogP contribution is 2.38. The minimum absolute atomic E-state index is 0.0758. The lowest BCUT2D eigenvalue weighted by molar-refractivity contribution is 0.0697. The number of amides is 1. The average molecular weight is 482 g/mol. The Morgan fingerprint density at radius 2 is 1.67 bits per heavy atom. The van der Waals surface area contributed by atoms with Crippen LogP contribution in [0, 0.1) is 13.8 Å². The molecule has 0 spiro atoms. The van der Waals surface area contributed by atoms with Crippen molar-refractivity contribution in [1.82, 2.24) is 13.8 Å². The van der Waals surface area contributed by atoms with Gasteiger partial charge < -0.3 is 9.47 Å². The van der Waals surface area contributed by atoms with Crippen molar-refractivity contribution in [3.8, 4) is 5.69 Å². The van der Waals surface area contributed by atoms with Crippen LogP contribution < -0.4 is 0 Å². The summed E-state index contributed by atoms with van der Waals surface area (Å²) < 4.78 is 38.3. The first-order chi connectivity index (χ1) is 15.9. The smallest absolute Gasteiger partial charge is 0.255 e. The van der Waals surface area contributed by atoms with E-state index in [9.17, 15) is 13.2 Å². The second-order valence-corrected chi connectivity index (χ2v) is 10.5. The lowest BCUT2D eigenvalue weighted by Crippen LogP contribution is -2.50. The Morgan fingerprint density at radius 3 is 2.39 bits per heavy atom. The van der Waals surface area contributed by atoms with Gasteiger partial charge in [0.05, 0.1) is 16.9 Å². The van der Waals surface area contributed by atoms with Gasteiger partial charge in [-0.3, -0.25) is 4.79 Å². The van der Waals surface area contributed by atoms with Crippen molar-refractivity contribution in [2.75, 3.05) is 26.2 Å². The third kappa shape index (κ3) is 3.73. The van der Waals surface area contributed by atoms with E-state index in [0.29, 0.717) is 30.0 Å². The summed E-state index contributed by atoms with van der Waals surface area (Å²) in [6.45, 7) is 5.06. The van der Waals surface area contributed by atoms with Gasteiger partial charge in [-0.2, -0.15) is 13.0 Å². The SMILES string of the molecule is Cc1cc(C(=O)N2CCN(S(=O)(=O)c3cccc4c3N=S=N4)CC2)c(C)n1-c1ccccc1. The van der Waals surface area contributed by atoms with Gasteiger partial charge in [0.15, 0.2) is 0 Å². The van der Waals surface area contributed by atoms with Gasteiger partial charge in [-0.15, -0.1) is 0 Å². The zero-order valence-corrected chi connectivity index (χ0v) is 19.9. The molecule has 33 heavy (non-hydrogen) atoms. The van der Waals surface area contributed by atoms with Crippen molar-refractivity contribution in [3.63, 3.8) is 0 Å². The molecule has 8 nitrogen and oxygen atoms in total. The zero-order valence-electron chi connectivity index (χ0n) is 18.3. The molecule has 10 heteroatoms. The second-order valence-electron chi connectivity index (χ2n) is 8.04. The van der Waals surface area contributed by atoms with Crippen LogP contribution in [0.4, 0.5) is 11.4 Å². The number of carbonyl (C=O) groups excluding carboxylic acids is 1. The maximum Gasteiger partial charge on any atom is 0.255 e. The first-order valence-electron chi connectivity index (χ1n) is 10.6. The van der Waals surface area contributed by atoms with Crippen molar-refractivity contribution >= 4 is 38.7 Å². The van der Waals surface area contributed by atoms with Gasteiger partial charge in [-0.05, 0) is 44.2 Å². The number of rotatable bonds is 4. The molecule has 1 fully saturated rings. The summed E-state index contributed by atoms with van der Waals surface area (Å²) in [5, 5.41) is 0. The number of sulfonamides is 1. The van der Waals surface area contributed by atoms with E-state index in [1.807, 2.05) is 50.2 Å². The Labute approximate surface area is 196 Å². The summed E-state index contributed by atoms with van der Waals surface area (Å²) in [6.07, 6.45) is 0. The molecule has 0 bridgehead atoms. The van der Waals surface area contributed by atoms with Crippen LogP contribution in [0.2, 0.25) is 0 Å². The van der Waals surface area contributed by atoms with E-state index in [4.69, 9.17) is 0 Å². The number of hydrogen-bond acceptors (Lipinski definition) is 5. The Bertz CT molecular complexity index is 1420. The van der Waals surface area contributed by atoms with E-state index in [1.165, 1.54) is 4.31 Å². The Morgan fingerprint density at radius 1 is 0.939 bits per heavy atom. The maximum absolute atomic E-state index is 13.3. The van der Waals surface area contributed by atoms with E-state index in [2.05, 4.69) is 13.3 Å². The van der Waals surface area contributed by atoms with Crippen LogP contribution >= 0.6 is 0 Å². The Balaban J connectivity index is 1.34. The van der Waals surface area contributed by atoms with Crippen LogP contribution in [0.1, 0.15) is 21.7 Å².